The fourth-order valence-electron chi connectivity index (χ4n) is 2.59. The molecule has 0 saturated heterocycles. The quantitative estimate of drug-likeness (QED) is 0.350. The molecule has 3 rings (SSSR count). The van der Waals surface area contributed by atoms with Gasteiger partial charge in [0.2, 0.25) is 0 Å². The molecule has 0 bridgehead atoms. The number of ether oxygens (including phenoxy) is 3. The molecule has 0 aliphatic carbocycles. The van der Waals surface area contributed by atoms with Crippen molar-refractivity contribution in [2.45, 2.75) is 13.8 Å². The Kier molecular flexibility index (Phi) is 4.94. The van der Waals surface area contributed by atoms with Gasteiger partial charge in [0, 0.05) is 22.4 Å². The number of aryl methyl sites for hydroxylation is 1. The van der Waals surface area contributed by atoms with Gasteiger partial charge in [-0.2, -0.15) is 0 Å². The fraction of sp³-hybridized carbons (Fsp3) is 0.136. The van der Waals surface area contributed by atoms with E-state index in [1.807, 2.05) is 55.5 Å². The van der Waals surface area contributed by atoms with Crippen LogP contribution < -0.4 is 14.2 Å². The molecule has 0 fully saturated rings. The van der Waals surface area contributed by atoms with Crippen molar-refractivity contribution in [3.8, 4) is 23.0 Å². The monoisotopic (exact) mass is 348 g/mol. The van der Waals surface area contributed by atoms with Crippen LogP contribution in [-0.2, 0) is 4.79 Å². The smallest absolute Gasteiger partial charge is 0.338 e. The summed E-state index contributed by atoms with van der Waals surface area (Å²) in [6.07, 6.45) is 0. The van der Waals surface area contributed by atoms with E-state index in [1.165, 1.54) is 7.11 Å². The molecule has 0 spiro atoms. The van der Waals surface area contributed by atoms with Gasteiger partial charge in [-0.25, -0.2) is 4.79 Å². The van der Waals surface area contributed by atoms with Gasteiger partial charge in [0.15, 0.2) is 11.5 Å². The van der Waals surface area contributed by atoms with Gasteiger partial charge in [0.25, 0.3) is 0 Å². The first-order valence-corrected chi connectivity index (χ1v) is 8.21. The van der Waals surface area contributed by atoms with E-state index in [0.29, 0.717) is 28.6 Å². The van der Waals surface area contributed by atoms with Crippen LogP contribution in [0, 0.1) is 6.92 Å². The Morgan fingerprint density at radius 1 is 0.962 bits per heavy atom. The Morgan fingerprint density at radius 2 is 1.69 bits per heavy atom. The van der Waals surface area contributed by atoms with E-state index in [-0.39, 0.29) is 0 Å². The molecule has 0 aromatic heterocycles. The summed E-state index contributed by atoms with van der Waals surface area (Å²) in [6, 6.07) is 17.1. The average molecular weight is 348 g/mol. The molecule has 0 heterocycles. The number of benzene rings is 3. The molecule has 0 unspecified atom stereocenters. The zero-order valence-electron chi connectivity index (χ0n) is 15.0. The first-order chi connectivity index (χ1) is 12.5. The van der Waals surface area contributed by atoms with Crippen LogP contribution in [0.5, 0.6) is 23.0 Å². The third-order valence-electron chi connectivity index (χ3n) is 3.91. The van der Waals surface area contributed by atoms with Crippen molar-refractivity contribution < 1.29 is 19.0 Å². The Morgan fingerprint density at radius 3 is 2.35 bits per heavy atom. The summed E-state index contributed by atoms with van der Waals surface area (Å²) in [5.74, 6) is 1.62. The molecule has 0 aliphatic heterocycles. The van der Waals surface area contributed by atoms with E-state index in [9.17, 15) is 4.79 Å². The lowest BCUT2D eigenvalue weighted by Crippen LogP contribution is -2.09. The van der Waals surface area contributed by atoms with Crippen LogP contribution in [0.15, 0.2) is 66.7 Å². The van der Waals surface area contributed by atoms with E-state index in [2.05, 4.69) is 6.58 Å². The summed E-state index contributed by atoms with van der Waals surface area (Å²) < 4.78 is 17.1. The van der Waals surface area contributed by atoms with Crippen molar-refractivity contribution in [2.75, 3.05) is 7.11 Å². The minimum atomic E-state index is -0.498. The van der Waals surface area contributed by atoms with E-state index in [4.69, 9.17) is 14.2 Å². The Balaban J connectivity index is 2.18. The molecule has 3 aromatic carbocycles. The molecular formula is C22H20O4. The molecule has 4 nitrogen and oxygen atoms in total. The van der Waals surface area contributed by atoms with Gasteiger partial charge >= 0.3 is 5.97 Å². The van der Waals surface area contributed by atoms with Gasteiger partial charge in [-0.05, 0) is 32.0 Å². The molecule has 0 amide bonds. The summed E-state index contributed by atoms with van der Waals surface area (Å²) >= 11 is 0. The highest BCUT2D eigenvalue weighted by molar-refractivity contribution is 5.99. The maximum atomic E-state index is 12.1. The van der Waals surface area contributed by atoms with E-state index < -0.39 is 5.97 Å². The van der Waals surface area contributed by atoms with Gasteiger partial charge in [-0.3, -0.25) is 0 Å². The Bertz CT molecular complexity index is 974. The van der Waals surface area contributed by atoms with Crippen LogP contribution in [0.2, 0.25) is 0 Å². The molecule has 0 N–H and O–H groups in total. The maximum Gasteiger partial charge on any atom is 0.338 e. The highest BCUT2D eigenvalue weighted by Gasteiger charge is 2.19. The number of hydrogen-bond donors (Lipinski definition) is 0. The topological polar surface area (TPSA) is 44.8 Å². The molecule has 4 heteroatoms. The van der Waals surface area contributed by atoms with Crippen molar-refractivity contribution in [3.05, 3.63) is 72.3 Å². The first-order valence-electron chi connectivity index (χ1n) is 8.21. The number of carbonyl (C=O) groups is 1. The highest BCUT2D eigenvalue weighted by Crippen LogP contribution is 2.43. The van der Waals surface area contributed by atoms with Crippen LogP contribution in [0.1, 0.15) is 12.5 Å². The van der Waals surface area contributed by atoms with Crippen molar-refractivity contribution in [1.82, 2.24) is 0 Å². The largest absolute Gasteiger partial charge is 0.493 e. The van der Waals surface area contributed by atoms with Crippen molar-refractivity contribution in [3.63, 3.8) is 0 Å². The first kappa shape index (κ1) is 17.5. The summed E-state index contributed by atoms with van der Waals surface area (Å²) in [7, 11) is 1.53. The van der Waals surface area contributed by atoms with Gasteiger partial charge in [0.1, 0.15) is 11.5 Å². The number of para-hydroxylation sites is 1. The van der Waals surface area contributed by atoms with Gasteiger partial charge < -0.3 is 14.2 Å². The minimum absolute atomic E-state index is 0.317. The number of hydrogen-bond acceptors (Lipinski definition) is 4. The zero-order chi connectivity index (χ0) is 18.7. The highest BCUT2D eigenvalue weighted by atomic mass is 16.6. The Labute approximate surface area is 152 Å². The van der Waals surface area contributed by atoms with Crippen LogP contribution in [0.25, 0.3) is 10.8 Å². The number of methoxy groups -OCH3 is 1. The van der Waals surface area contributed by atoms with Crippen LogP contribution in [0.3, 0.4) is 0 Å². The van der Waals surface area contributed by atoms with Crippen molar-refractivity contribution in [1.29, 1.82) is 0 Å². The van der Waals surface area contributed by atoms with Gasteiger partial charge in [-0.1, -0.05) is 42.5 Å². The maximum absolute atomic E-state index is 12.1. The molecule has 132 valence electrons. The summed E-state index contributed by atoms with van der Waals surface area (Å²) in [6.45, 7) is 7.24. The SMILES string of the molecule is C=C(C)C(=O)Oc1c(OC)cc(Oc2ccccc2)c2cc(C)ccc12. The zero-order valence-corrected chi connectivity index (χ0v) is 15.0. The third-order valence-corrected chi connectivity index (χ3v) is 3.91. The number of rotatable bonds is 5. The van der Waals surface area contributed by atoms with Crippen molar-refractivity contribution in [2.24, 2.45) is 0 Å². The van der Waals surface area contributed by atoms with Crippen LogP contribution in [0.4, 0.5) is 0 Å². The number of esters is 1. The summed E-state index contributed by atoms with van der Waals surface area (Å²) in [5.41, 5.74) is 1.38. The van der Waals surface area contributed by atoms with Crippen molar-refractivity contribution >= 4 is 16.7 Å². The molecule has 0 saturated carbocycles. The van der Waals surface area contributed by atoms with Gasteiger partial charge in [-0.15, -0.1) is 0 Å². The third kappa shape index (κ3) is 3.54. The van der Waals surface area contributed by atoms with E-state index >= 15 is 0 Å². The molecule has 0 aliphatic rings. The fourth-order valence-corrected chi connectivity index (χ4v) is 2.59. The normalized spacial score (nSPS) is 10.4. The molecule has 26 heavy (non-hydrogen) atoms. The van der Waals surface area contributed by atoms with Crippen LogP contribution >= 0.6 is 0 Å². The lowest BCUT2D eigenvalue weighted by molar-refractivity contribution is -0.130. The molecular weight excluding hydrogens is 328 g/mol. The lowest BCUT2D eigenvalue weighted by Gasteiger charge is -2.16. The number of carbonyl (C=O) groups excluding carboxylic acids is 1. The van der Waals surface area contributed by atoms with Crippen LogP contribution in [-0.4, -0.2) is 13.1 Å². The molecule has 0 atom stereocenters. The lowest BCUT2D eigenvalue weighted by atomic mass is 10.0. The second-order valence-electron chi connectivity index (χ2n) is 6.04. The predicted octanol–water partition coefficient (Wildman–Crippen LogP) is 5.43. The molecule has 3 aromatic rings. The summed E-state index contributed by atoms with van der Waals surface area (Å²) in [4.78, 5) is 12.1. The van der Waals surface area contributed by atoms with E-state index in [1.54, 1.807) is 13.0 Å². The number of fused-ring (bicyclic) bond motifs is 1. The van der Waals surface area contributed by atoms with Gasteiger partial charge in [0.05, 0.1) is 7.11 Å². The minimum Gasteiger partial charge on any atom is -0.493 e. The summed E-state index contributed by atoms with van der Waals surface area (Å²) in [5, 5.41) is 1.56. The Hall–Kier alpha value is -3.27. The molecule has 0 radical (unpaired) electrons. The average Bonchev–Trinajstić information content (AvgIpc) is 2.64. The van der Waals surface area contributed by atoms with E-state index in [0.717, 1.165) is 16.3 Å². The second kappa shape index (κ2) is 7.31. The predicted molar refractivity (Wildman–Crippen MR) is 102 cm³/mol. The standard InChI is InChI=1S/C22H20O4/c1-14(2)22(23)26-21-17-11-10-15(3)12-18(17)19(13-20(21)24-4)25-16-8-6-5-7-9-16/h5-13H,1H2,2-4H3. The second-order valence-corrected chi connectivity index (χ2v) is 6.04.